The van der Waals surface area contributed by atoms with Gasteiger partial charge >= 0.3 is 11.7 Å². The molecule has 0 aromatic heterocycles. The van der Waals surface area contributed by atoms with E-state index in [9.17, 15) is 61.4 Å². The van der Waals surface area contributed by atoms with E-state index in [0.29, 0.717) is 0 Å². The van der Waals surface area contributed by atoms with Crippen LogP contribution in [0.1, 0.15) is 0 Å². The van der Waals surface area contributed by atoms with Gasteiger partial charge in [-0.05, 0) is 0 Å². The molecule has 126 valence electrons. The van der Waals surface area contributed by atoms with Gasteiger partial charge in [-0.2, -0.15) is 5.06 Å². The van der Waals surface area contributed by atoms with Crippen LogP contribution in [-0.2, 0) is 0 Å². The lowest BCUT2D eigenvalue weighted by Gasteiger charge is -2.59. The summed E-state index contributed by atoms with van der Waals surface area (Å²) in [5.41, 5.74) is -5.65. The number of hydrogen-bond acceptors (Lipinski definition) is 13. The van der Waals surface area contributed by atoms with Crippen molar-refractivity contribution < 1.29 is 61.4 Å². The molecule has 0 bridgehead atoms. The largest absolute Gasteiger partial charge is 0.506 e. The maximum atomic E-state index is 10.2. The molecule has 2 aliphatic rings. The molecule has 1 saturated heterocycles. The number of piperidine rings is 1. The SMILES string of the molecule is OC1=C(O)C(O)C2(O)C(=C1O)N(O)C(O)(O)C(O)(O)C2(O)O. The van der Waals surface area contributed by atoms with Gasteiger partial charge in [0, 0.05) is 0 Å². The molecule has 0 saturated carbocycles. The van der Waals surface area contributed by atoms with Crippen molar-refractivity contribution in [2.24, 2.45) is 0 Å². The lowest BCUT2D eigenvalue weighted by molar-refractivity contribution is -0.554. The van der Waals surface area contributed by atoms with Gasteiger partial charge in [-0.25, -0.2) is 0 Å². The van der Waals surface area contributed by atoms with Crippen LogP contribution in [0.4, 0.5) is 0 Å². The fourth-order valence-electron chi connectivity index (χ4n) is 2.29. The highest BCUT2D eigenvalue weighted by atomic mass is 16.7. The third-order valence-electron chi connectivity index (χ3n) is 3.70. The van der Waals surface area contributed by atoms with Gasteiger partial charge in [0.15, 0.2) is 17.6 Å². The highest BCUT2D eigenvalue weighted by Gasteiger charge is 2.82. The van der Waals surface area contributed by atoms with Gasteiger partial charge in [0.05, 0.1) is 0 Å². The molecule has 13 nitrogen and oxygen atoms in total. The van der Waals surface area contributed by atoms with E-state index in [-0.39, 0.29) is 0 Å². The van der Waals surface area contributed by atoms with E-state index in [4.69, 9.17) is 0 Å². The van der Waals surface area contributed by atoms with Crippen LogP contribution in [0.25, 0.3) is 0 Å². The van der Waals surface area contributed by atoms with Crippen molar-refractivity contribution in [1.29, 1.82) is 0 Å². The summed E-state index contributed by atoms with van der Waals surface area (Å²) >= 11 is 0. The number of fused-ring (bicyclic) bond motifs is 1. The summed E-state index contributed by atoms with van der Waals surface area (Å²) in [5.74, 6) is -18.3. The lowest BCUT2D eigenvalue weighted by atomic mass is 9.71. The third kappa shape index (κ3) is 1.37. The first kappa shape index (κ1) is 16.7. The van der Waals surface area contributed by atoms with Crippen LogP contribution in [0.15, 0.2) is 23.0 Å². The van der Waals surface area contributed by atoms with Gasteiger partial charge in [0.1, 0.15) is 5.70 Å². The molecule has 0 amide bonds. The normalized spacial score (nSPS) is 36.4. The van der Waals surface area contributed by atoms with Crippen molar-refractivity contribution in [2.75, 3.05) is 0 Å². The number of aliphatic hydroxyl groups excluding tert-OH is 4. The summed E-state index contributed by atoms with van der Waals surface area (Å²) in [6.45, 7) is 0. The summed E-state index contributed by atoms with van der Waals surface area (Å²) in [4.78, 5) is 0. The average Bonchev–Trinajstić information content (AvgIpc) is 2.41. The Kier molecular flexibility index (Phi) is 3.03. The van der Waals surface area contributed by atoms with Crippen LogP contribution < -0.4 is 0 Å². The Morgan fingerprint density at radius 3 is 1.68 bits per heavy atom. The zero-order valence-corrected chi connectivity index (χ0v) is 10.4. The Hall–Kier alpha value is -1.68. The first-order valence-corrected chi connectivity index (χ1v) is 5.47. The Bertz CT molecular complexity index is 591. The minimum Gasteiger partial charge on any atom is -0.506 e. The lowest BCUT2D eigenvalue weighted by Crippen LogP contribution is -2.87. The highest BCUT2D eigenvalue weighted by molar-refractivity contribution is 5.45. The average molecular weight is 327 g/mol. The number of hydroxylamine groups is 2. The molecule has 22 heavy (non-hydrogen) atoms. The van der Waals surface area contributed by atoms with Crippen molar-refractivity contribution in [3.63, 3.8) is 0 Å². The summed E-state index contributed by atoms with van der Waals surface area (Å²) in [5, 5.41) is 114. The van der Waals surface area contributed by atoms with Crippen LogP contribution in [0, 0.1) is 0 Å². The van der Waals surface area contributed by atoms with Crippen LogP contribution in [-0.4, -0.2) is 95.6 Å². The Morgan fingerprint density at radius 1 is 0.773 bits per heavy atom. The quantitative estimate of drug-likeness (QED) is 0.186. The zero-order chi connectivity index (χ0) is 17.5. The van der Waals surface area contributed by atoms with Gasteiger partial charge in [-0.3, -0.25) is 5.21 Å². The molecule has 1 aliphatic carbocycles. The van der Waals surface area contributed by atoms with Gasteiger partial charge in [0.25, 0.3) is 5.79 Å². The molecule has 0 spiro atoms. The van der Waals surface area contributed by atoms with Crippen LogP contribution in [0.5, 0.6) is 0 Å². The predicted octanol–water partition coefficient (Wildman–Crippen LogP) is -5.11. The molecule has 0 aromatic carbocycles. The maximum Gasteiger partial charge on any atom is 0.332 e. The maximum absolute atomic E-state index is 10.2. The molecule has 13 heteroatoms. The van der Waals surface area contributed by atoms with Crippen LogP contribution in [0.3, 0.4) is 0 Å². The summed E-state index contributed by atoms with van der Waals surface area (Å²) in [6, 6.07) is 0. The van der Waals surface area contributed by atoms with Crippen LogP contribution >= 0.6 is 0 Å². The topological polar surface area (TPSA) is 246 Å². The number of rotatable bonds is 0. The molecular formula is C9H13NO12. The fraction of sp³-hybridized carbons (Fsp3) is 0.556. The molecule has 1 heterocycles. The Balaban J connectivity index is 2.92. The highest BCUT2D eigenvalue weighted by Crippen LogP contribution is 2.53. The van der Waals surface area contributed by atoms with E-state index in [1.165, 1.54) is 0 Å². The smallest absolute Gasteiger partial charge is 0.332 e. The van der Waals surface area contributed by atoms with Crippen LogP contribution in [0.2, 0.25) is 0 Å². The third-order valence-corrected chi connectivity index (χ3v) is 3.70. The van der Waals surface area contributed by atoms with Crippen molar-refractivity contribution in [3.05, 3.63) is 23.0 Å². The van der Waals surface area contributed by atoms with Crippen molar-refractivity contribution in [3.8, 4) is 0 Å². The van der Waals surface area contributed by atoms with Crippen molar-refractivity contribution >= 4 is 0 Å². The van der Waals surface area contributed by atoms with Crippen molar-refractivity contribution in [1.82, 2.24) is 5.06 Å². The van der Waals surface area contributed by atoms with Gasteiger partial charge < -0.3 is 56.2 Å². The number of nitrogens with zero attached hydrogens (tertiary/aromatic N) is 1. The monoisotopic (exact) mass is 327 g/mol. The summed E-state index contributed by atoms with van der Waals surface area (Å²) in [6.07, 6.45) is -2.93. The molecule has 2 rings (SSSR count). The molecule has 2 unspecified atom stereocenters. The van der Waals surface area contributed by atoms with Gasteiger partial charge in [0.2, 0.25) is 11.4 Å². The molecule has 2 atom stereocenters. The van der Waals surface area contributed by atoms with E-state index < -0.39 is 57.2 Å². The second-order valence-corrected chi connectivity index (χ2v) is 4.89. The number of aliphatic hydroxyl groups is 11. The van der Waals surface area contributed by atoms with E-state index in [0.717, 1.165) is 0 Å². The van der Waals surface area contributed by atoms with E-state index in [1.807, 2.05) is 0 Å². The predicted molar refractivity (Wildman–Crippen MR) is 58.0 cm³/mol. The summed E-state index contributed by atoms with van der Waals surface area (Å²) < 4.78 is 0. The van der Waals surface area contributed by atoms with E-state index >= 15 is 0 Å². The fourth-order valence-corrected chi connectivity index (χ4v) is 2.29. The Morgan fingerprint density at radius 2 is 1.23 bits per heavy atom. The Labute approximate surface area is 120 Å². The summed E-state index contributed by atoms with van der Waals surface area (Å²) in [7, 11) is 0. The van der Waals surface area contributed by atoms with E-state index in [2.05, 4.69) is 0 Å². The number of hydrogen-bond donors (Lipinski definition) is 12. The standard InChI is InChI=1S/C9H13NO12/c11-1-2(12)4-6(15,5(14)3(1)13)7(16,17)8(18,19)9(20,21)10(4)22/h5,11-22H. The minimum absolute atomic E-state index is 1.04. The molecule has 1 fully saturated rings. The molecule has 0 radical (unpaired) electrons. The van der Waals surface area contributed by atoms with Crippen molar-refractivity contribution in [2.45, 2.75) is 29.2 Å². The molecule has 12 N–H and O–H groups in total. The van der Waals surface area contributed by atoms with Gasteiger partial charge in [-0.1, -0.05) is 0 Å². The second-order valence-electron chi connectivity index (χ2n) is 4.89. The molecular weight excluding hydrogens is 314 g/mol. The molecule has 0 aromatic rings. The zero-order valence-electron chi connectivity index (χ0n) is 10.4. The van der Waals surface area contributed by atoms with Gasteiger partial charge in [-0.15, -0.1) is 0 Å². The first-order chi connectivity index (χ1) is 9.67. The molecule has 1 aliphatic heterocycles. The van der Waals surface area contributed by atoms with E-state index in [1.54, 1.807) is 0 Å². The second kappa shape index (κ2) is 3.99. The minimum atomic E-state index is -4.54. The first-order valence-electron chi connectivity index (χ1n) is 5.47.